The number of carbonyl (C=O) groups excluding carboxylic acids is 1. The minimum Gasteiger partial charge on any atom is -0.465 e. The lowest BCUT2D eigenvalue weighted by atomic mass is 10.0. The Kier molecular flexibility index (Phi) is 9.05. The molecule has 1 aromatic heterocycles. The van der Waals surface area contributed by atoms with Crippen molar-refractivity contribution in [2.45, 2.75) is 13.5 Å². The fourth-order valence-electron chi connectivity index (χ4n) is 3.16. The van der Waals surface area contributed by atoms with Crippen LogP contribution >= 0.6 is 0 Å². The molecule has 1 aliphatic rings. The quantitative estimate of drug-likeness (QED) is 0.173. The second-order valence-electron chi connectivity index (χ2n) is 7.98. The summed E-state index contributed by atoms with van der Waals surface area (Å²) in [5, 5.41) is 26.5. The lowest BCUT2D eigenvalue weighted by Gasteiger charge is -2.32. The van der Waals surface area contributed by atoms with E-state index in [0.717, 1.165) is 5.71 Å². The first-order valence-electron chi connectivity index (χ1n) is 10.9. The van der Waals surface area contributed by atoms with Crippen molar-refractivity contribution in [2.24, 2.45) is 21.8 Å². The summed E-state index contributed by atoms with van der Waals surface area (Å²) in [7, 11) is 0. The Morgan fingerprint density at radius 2 is 2.03 bits per heavy atom. The van der Waals surface area contributed by atoms with Crippen molar-refractivity contribution in [3.63, 3.8) is 0 Å². The third-order valence-corrected chi connectivity index (χ3v) is 5.11. The van der Waals surface area contributed by atoms with E-state index < -0.39 is 11.9 Å². The van der Waals surface area contributed by atoms with Gasteiger partial charge < -0.3 is 31.0 Å². The fourth-order valence-corrected chi connectivity index (χ4v) is 3.16. The average Bonchev–Trinajstić information content (AvgIpc) is 2.81. The van der Waals surface area contributed by atoms with Crippen LogP contribution in [0.3, 0.4) is 0 Å². The van der Waals surface area contributed by atoms with E-state index in [4.69, 9.17) is 15.7 Å². The van der Waals surface area contributed by atoms with E-state index in [2.05, 4.69) is 25.4 Å². The largest absolute Gasteiger partial charge is 0.465 e. The number of oxime groups is 1. The number of guanidine groups is 1. The highest BCUT2D eigenvalue weighted by molar-refractivity contribution is 5.98. The van der Waals surface area contributed by atoms with Gasteiger partial charge in [-0.1, -0.05) is 23.4 Å². The highest BCUT2D eigenvalue weighted by Gasteiger charge is 2.25. The number of hydrogen-bond acceptors (Lipinski definition) is 9. The number of anilines is 1. The highest BCUT2D eigenvalue weighted by Crippen LogP contribution is 2.26. The molecule has 1 unspecified atom stereocenters. The molecule has 6 N–H and O–H groups in total. The number of aromatic nitrogens is 2. The Balaban J connectivity index is 1.55. The summed E-state index contributed by atoms with van der Waals surface area (Å²) < 4.78 is 15.0. The Morgan fingerprint density at radius 3 is 2.67 bits per heavy atom. The number of nitrogens with zero attached hydrogens (tertiary/aromatic N) is 5. The number of nitrogens with two attached hydrogens (primary N) is 1. The molecule has 0 spiro atoms. The second-order valence-corrected chi connectivity index (χ2v) is 7.98. The minimum absolute atomic E-state index is 0.135. The van der Waals surface area contributed by atoms with Crippen LogP contribution in [0.4, 0.5) is 15.1 Å². The zero-order chi connectivity index (χ0) is 26.1. The number of halogens is 1. The summed E-state index contributed by atoms with van der Waals surface area (Å²) in [5.74, 6) is -0.849. The highest BCUT2D eigenvalue weighted by atomic mass is 19.1. The van der Waals surface area contributed by atoms with Crippen LogP contribution in [0.15, 0.2) is 40.7 Å². The first kappa shape index (κ1) is 26.3. The van der Waals surface area contributed by atoms with Gasteiger partial charge in [0.25, 0.3) is 0 Å². The number of rotatable bonds is 10. The number of amides is 2. The van der Waals surface area contributed by atoms with Gasteiger partial charge >= 0.3 is 6.09 Å². The van der Waals surface area contributed by atoms with Crippen molar-refractivity contribution >= 4 is 29.6 Å². The van der Waals surface area contributed by atoms with Gasteiger partial charge in [0.1, 0.15) is 12.4 Å². The Morgan fingerprint density at radius 1 is 1.31 bits per heavy atom. The van der Waals surface area contributed by atoms with E-state index in [9.17, 15) is 19.1 Å². The molecule has 3 rings (SSSR count). The molecule has 0 saturated carbocycles. The minimum atomic E-state index is -1.36. The third kappa shape index (κ3) is 7.33. The summed E-state index contributed by atoms with van der Waals surface area (Å²) in [5.41, 5.74) is 7.18. The Bertz CT molecular complexity index is 1130. The van der Waals surface area contributed by atoms with Gasteiger partial charge in [0, 0.05) is 48.5 Å². The van der Waals surface area contributed by atoms with Gasteiger partial charge in [0.15, 0.2) is 5.96 Å². The zero-order valence-corrected chi connectivity index (χ0v) is 19.5. The number of aliphatic hydroxyl groups is 1. The predicted molar refractivity (Wildman–Crippen MR) is 129 cm³/mol. The van der Waals surface area contributed by atoms with Crippen LogP contribution in [-0.4, -0.2) is 76.7 Å². The number of aliphatic hydroxyl groups excluding tert-OH is 1. The number of carboxylic acid groups (broad SMARTS) is 1. The third-order valence-electron chi connectivity index (χ3n) is 5.11. The molecule has 13 nitrogen and oxygen atoms in total. The van der Waals surface area contributed by atoms with Crippen LogP contribution in [0.25, 0.3) is 11.1 Å². The molecule has 1 fully saturated rings. The van der Waals surface area contributed by atoms with Gasteiger partial charge in [-0.25, -0.2) is 24.1 Å². The van der Waals surface area contributed by atoms with E-state index >= 15 is 0 Å². The van der Waals surface area contributed by atoms with Gasteiger partial charge in [-0.3, -0.25) is 10.1 Å². The molecule has 0 bridgehead atoms. The maximum atomic E-state index is 15.0. The molecule has 14 heteroatoms. The molecular formula is C22H27FN8O5. The van der Waals surface area contributed by atoms with Crippen molar-refractivity contribution < 1.29 is 29.0 Å². The van der Waals surface area contributed by atoms with E-state index in [1.807, 2.05) is 10.2 Å². The zero-order valence-electron chi connectivity index (χ0n) is 19.5. The molecule has 2 heterocycles. The molecule has 2 amide bonds. The molecule has 1 saturated heterocycles. The van der Waals surface area contributed by atoms with Gasteiger partial charge in [-0.05, 0) is 0 Å². The first-order valence-corrected chi connectivity index (χ1v) is 10.9. The van der Waals surface area contributed by atoms with Crippen molar-refractivity contribution in [2.75, 3.05) is 37.7 Å². The van der Waals surface area contributed by atoms with Gasteiger partial charge in [0.05, 0.1) is 32.0 Å². The number of benzene rings is 1. The number of nitrogens with one attached hydrogen (secondary N) is 2. The van der Waals surface area contributed by atoms with Crippen molar-refractivity contribution in [1.82, 2.24) is 20.6 Å². The van der Waals surface area contributed by atoms with Crippen molar-refractivity contribution in [1.29, 1.82) is 0 Å². The normalized spacial score (nSPS) is 14.0. The molecule has 2 aromatic rings. The van der Waals surface area contributed by atoms with Crippen LogP contribution in [0.5, 0.6) is 0 Å². The number of carbonyl (C=O) groups is 2. The SMILES string of the molecule is CC(=O)NCC(CO)CON=C1CN(c2ncc(-c3cccc(CN=C(N)NC(=O)O)c3F)cn2)C1. The maximum Gasteiger partial charge on any atom is 0.411 e. The fraction of sp³-hybridized carbons (Fsp3) is 0.364. The van der Waals surface area contributed by atoms with E-state index in [0.29, 0.717) is 31.1 Å². The Hall–Kier alpha value is -4.33. The van der Waals surface area contributed by atoms with Gasteiger partial charge in [0.2, 0.25) is 11.9 Å². The summed E-state index contributed by atoms with van der Waals surface area (Å²) in [6.07, 6.45) is 1.66. The summed E-state index contributed by atoms with van der Waals surface area (Å²) >= 11 is 0. The monoisotopic (exact) mass is 502 g/mol. The van der Waals surface area contributed by atoms with Crippen molar-refractivity contribution in [3.8, 4) is 11.1 Å². The molecule has 0 radical (unpaired) electrons. The van der Waals surface area contributed by atoms with Crippen LogP contribution in [0, 0.1) is 11.7 Å². The maximum absolute atomic E-state index is 15.0. The lowest BCUT2D eigenvalue weighted by molar-refractivity contribution is -0.119. The Labute approximate surface area is 205 Å². The van der Waals surface area contributed by atoms with Crippen LogP contribution < -0.4 is 21.3 Å². The predicted octanol–water partition coefficient (Wildman–Crippen LogP) is 0.302. The van der Waals surface area contributed by atoms with Gasteiger partial charge in [-0.2, -0.15) is 0 Å². The average molecular weight is 503 g/mol. The standard InChI is InChI=1S/C22H27FN8O5/c1-13(33)25-5-14(11-32)12-36-30-17-9-31(10-17)21-27-7-16(8-28-21)18-4-2-3-15(19(18)23)6-26-20(24)29-22(34)35/h2-4,7-8,14,32H,5-6,9-12H2,1H3,(H,25,33)(H,34,35)(H3,24,26,29). The molecule has 0 aliphatic carbocycles. The molecule has 1 aromatic carbocycles. The molecule has 36 heavy (non-hydrogen) atoms. The molecule has 192 valence electrons. The van der Waals surface area contributed by atoms with Crippen LogP contribution in [-0.2, 0) is 16.2 Å². The number of aliphatic imine (C=N–C) groups is 1. The smallest absolute Gasteiger partial charge is 0.411 e. The number of hydrogen-bond donors (Lipinski definition) is 5. The molecular weight excluding hydrogens is 475 g/mol. The lowest BCUT2D eigenvalue weighted by Crippen LogP contribution is -2.48. The first-order chi connectivity index (χ1) is 17.3. The summed E-state index contributed by atoms with van der Waals surface area (Å²) in [6.45, 7) is 2.52. The van der Waals surface area contributed by atoms with Crippen LogP contribution in [0.1, 0.15) is 12.5 Å². The van der Waals surface area contributed by atoms with E-state index in [1.54, 1.807) is 12.1 Å². The summed E-state index contributed by atoms with van der Waals surface area (Å²) in [6, 6.07) is 4.75. The topological polar surface area (TPSA) is 188 Å². The van der Waals surface area contributed by atoms with E-state index in [-0.39, 0.29) is 48.7 Å². The molecule has 1 atom stereocenters. The van der Waals surface area contributed by atoms with Crippen molar-refractivity contribution in [3.05, 3.63) is 42.0 Å². The van der Waals surface area contributed by atoms with Crippen LogP contribution in [0.2, 0.25) is 0 Å². The second kappa shape index (κ2) is 12.4. The summed E-state index contributed by atoms with van der Waals surface area (Å²) in [4.78, 5) is 41.1. The molecule has 1 aliphatic heterocycles. The van der Waals surface area contributed by atoms with Gasteiger partial charge in [-0.15, -0.1) is 0 Å². The van der Waals surface area contributed by atoms with E-state index in [1.165, 1.54) is 25.4 Å².